The number of ketones is 1. The zero-order valence-electron chi connectivity index (χ0n) is 7.10. The zero-order chi connectivity index (χ0) is 8.10. The summed E-state index contributed by atoms with van der Waals surface area (Å²) < 4.78 is 0. The van der Waals surface area contributed by atoms with Crippen LogP contribution >= 0.6 is 0 Å². The largest absolute Gasteiger partial charge is 0.311 e. The zero-order valence-corrected chi connectivity index (χ0v) is 7.10. The second kappa shape index (κ2) is 4.50. The second-order valence-corrected chi connectivity index (χ2v) is 3.12. The van der Waals surface area contributed by atoms with Crippen LogP contribution in [0.5, 0.6) is 0 Å². The third-order valence-corrected chi connectivity index (χ3v) is 2.17. The van der Waals surface area contributed by atoms with Crippen molar-refractivity contribution in [3.8, 4) is 0 Å². The lowest BCUT2D eigenvalue weighted by Crippen LogP contribution is -2.33. The Morgan fingerprint density at radius 2 is 2.55 bits per heavy atom. The van der Waals surface area contributed by atoms with Crippen LogP contribution in [0.25, 0.3) is 0 Å². The molecule has 1 aliphatic rings. The van der Waals surface area contributed by atoms with E-state index in [1.807, 2.05) is 6.54 Å². The van der Waals surface area contributed by atoms with E-state index in [4.69, 9.17) is 0 Å². The van der Waals surface area contributed by atoms with E-state index in [2.05, 4.69) is 12.2 Å². The first-order chi connectivity index (χ1) is 5.34. The van der Waals surface area contributed by atoms with Gasteiger partial charge in [0.1, 0.15) is 5.78 Å². The molecule has 0 saturated carbocycles. The Kier molecular flexibility index (Phi) is 3.57. The van der Waals surface area contributed by atoms with Crippen LogP contribution in [-0.2, 0) is 4.79 Å². The van der Waals surface area contributed by atoms with Gasteiger partial charge in [-0.25, -0.2) is 0 Å². The third kappa shape index (κ3) is 2.62. The van der Waals surface area contributed by atoms with E-state index in [-0.39, 0.29) is 0 Å². The molecule has 0 bridgehead atoms. The number of Topliss-reactive ketones (excluding diaryl/α,β-unsaturated/α-hetero) is 1. The molecule has 0 aliphatic carbocycles. The minimum Gasteiger partial charge on any atom is -0.311 e. The summed E-state index contributed by atoms with van der Waals surface area (Å²) in [5, 5.41) is 3.13. The van der Waals surface area contributed by atoms with Crippen molar-refractivity contribution in [1.82, 2.24) is 5.32 Å². The van der Waals surface area contributed by atoms with Crippen molar-refractivity contribution in [3.63, 3.8) is 0 Å². The molecule has 11 heavy (non-hydrogen) atoms. The minimum absolute atomic E-state index is 0.292. The fourth-order valence-corrected chi connectivity index (χ4v) is 1.39. The summed E-state index contributed by atoms with van der Waals surface area (Å²) in [7, 11) is 0. The Hall–Kier alpha value is -0.370. The van der Waals surface area contributed by atoms with Gasteiger partial charge >= 0.3 is 0 Å². The summed E-state index contributed by atoms with van der Waals surface area (Å²) in [6.07, 6.45) is 4.05. The molecule has 0 aromatic carbocycles. The van der Waals surface area contributed by atoms with Gasteiger partial charge in [-0.15, -0.1) is 0 Å². The van der Waals surface area contributed by atoms with E-state index < -0.39 is 0 Å². The highest BCUT2D eigenvalue weighted by atomic mass is 16.1. The number of piperidine rings is 1. The molecule has 0 amide bonds. The Morgan fingerprint density at radius 3 is 3.18 bits per heavy atom. The van der Waals surface area contributed by atoms with E-state index in [0.29, 0.717) is 18.1 Å². The van der Waals surface area contributed by atoms with Crippen molar-refractivity contribution >= 4 is 5.78 Å². The number of carbonyl (C=O) groups is 1. The van der Waals surface area contributed by atoms with Crippen LogP contribution in [0, 0.1) is 12.5 Å². The molecule has 1 radical (unpaired) electrons. The highest BCUT2D eigenvalue weighted by molar-refractivity contribution is 5.82. The van der Waals surface area contributed by atoms with Gasteiger partial charge in [0.15, 0.2) is 0 Å². The predicted molar refractivity (Wildman–Crippen MR) is 44.9 cm³/mol. The van der Waals surface area contributed by atoms with Crippen LogP contribution in [0.3, 0.4) is 0 Å². The summed E-state index contributed by atoms with van der Waals surface area (Å²) in [4.78, 5) is 11.2. The maximum Gasteiger partial charge on any atom is 0.138 e. The molecule has 0 spiro atoms. The topological polar surface area (TPSA) is 29.1 Å². The highest BCUT2D eigenvalue weighted by Gasteiger charge is 2.20. The number of unbranched alkanes of at least 4 members (excludes halogenated alkanes) is 1. The van der Waals surface area contributed by atoms with Crippen LogP contribution in [-0.4, -0.2) is 12.3 Å². The fourth-order valence-electron chi connectivity index (χ4n) is 1.39. The van der Waals surface area contributed by atoms with Gasteiger partial charge in [-0.2, -0.15) is 0 Å². The van der Waals surface area contributed by atoms with Crippen LogP contribution in [0.4, 0.5) is 0 Å². The fraction of sp³-hybridized carbons (Fsp3) is 0.778. The van der Waals surface area contributed by atoms with Gasteiger partial charge in [0.2, 0.25) is 0 Å². The summed E-state index contributed by atoms with van der Waals surface area (Å²) in [6.45, 7) is 4.89. The molecule has 1 aliphatic heterocycles. The number of hydrogen-bond donors (Lipinski definition) is 1. The molecule has 1 saturated heterocycles. The Morgan fingerprint density at radius 1 is 1.73 bits per heavy atom. The lowest BCUT2D eigenvalue weighted by molar-refractivity contribution is -0.123. The van der Waals surface area contributed by atoms with Crippen LogP contribution in [0.2, 0.25) is 0 Å². The second-order valence-electron chi connectivity index (χ2n) is 3.12. The van der Waals surface area contributed by atoms with Crippen molar-refractivity contribution < 1.29 is 4.79 Å². The summed E-state index contributed by atoms with van der Waals surface area (Å²) in [5.74, 6) is 0.706. The lowest BCUT2D eigenvalue weighted by Gasteiger charge is -2.20. The standard InChI is InChI=1S/C9H16NO/c1-2-3-4-8-7-10-6-5-9(8)11/h6,8,10H,2-5,7H2,1H3. The van der Waals surface area contributed by atoms with Crippen LogP contribution in [0.1, 0.15) is 32.6 Å². The van der Waals surface area contributed by atoms with Crippen LogP contribution in [0.15, 0.2) is 0 Å². The summed E-state index contributed by atoms with van der Waals surface area (Å²) in [6, 6.07) is 0. The molecule has 0 aromatic heterocycles. The number of carbonyl (C=O) groups excluding carboxylic acids is 1. The van der Waals surface area contributed by atoms with E-state index in [9.17, 15) is 4.79 Å². The molecule has 1 fully saturated rings. The average Bonchev–Trinajstić information content (AvgIpc) is 2.03. The summed E-state index contributed by atoms with van der Waals surface area (Å²) >= 11 is 0. The Bertz CT molecular complexity index is 134. The highest BCUT2D eigenvalue weighted by Crippen LogP contribution is 2.14. The average molecular weight is 154 g/mol. The number of nitrogens with one attached hydrogen (secondary N) is 1. The van der Waals surface area contributed by atoms with E-state index in [0.717, 1.165) is 13.0 Å². The van der Waals surface area contributed by atoms with Gasteiger partial charge in [0.05, 0.1) is 0 Å². The molecule has 63 valence electrons. The predicted octanol–water partition coefficient (Wildman–Crippen LogP) is 1.52. The molecule has 1 atom stereocenters. The van der Waals surface area contributed by atoms with Crippen molar-refractivity contribution in [2.24, 2.45) is 5.92 Å². The molecule has 2 nitrogen and oxygen atoms in total. The molecule has 0 aromatic rings. The number of hydrogen-bond acceptors (Lipinski definition) is 2. The van der Waals surface area contributed by atoms with Crippen molar-refractivity contribution in [2.75, 3.05) is 6.54 Å². The quantitative estimate of drug-likeness (QED) is 0.667. The van der Waals surface area contributed by atoms with Gasteiger partial charge in [-0.05, 0) is 6.42 Å². The van der Waals surface area contributed by atoms with E-state index in [1.165, 1.54) is 12.8 Å². The van der Waals surface area contributed by atoms with Crippen molar-refractivity contribution in [3.05, 3.63) is 6.54 Å². The van der Waals surface area contributed by atoms with Crippen molar-refractivity contribution in [1.29, 1.82) is 0 Å². The van der Waals surface area contributed by atoms with Gasteiger partial charge in [0, 0.05) is 25.4 Å². The molecular formula is C9H16NO. The Labute approximate surface area is 68.4 Å². The summed E-state index contributed by atoms with van der Waals surface area (Å²) in [5.41, 5.74) is 0. The minimum atomic E-state index is 0.292. The maximum absolute atomic E-state index is 11.2. The monoisotopic (exact) mass is 154 g/mol. The number of rotatable bonds is 3. The molecular weight excluding hydrogens is 138 g/mol. The molecule has 1 N–H and O–H groups in total. The molecule has 1 unspecified atom stereocenters. The molecule has 1 rings (SSSR count). The normalized spacial score (nSPS) is 25.5. The smallest absolute Gasteiger partial charge is 0.138 e. The first kappa shape index (κ1) is 8.72. The van der Waals surface area contributed by atoms with E-state index >= 15 is 0 Å². The first-order valence-corrected chi connectivity index (χ1v) is 4.42. The van der Waals surface area contributed by atoms with Gasteiger partial charge in [-0.3, -0.25) is 4.79 Å². The third-order valence-electron chi connectivity index (χ3n) is 2.17. The van der Waals surface area contributed by atoms with Gasteiger partial charge < -0.3 is 5.32 Å². The Balaban J connectivity index is 2.24. The maximum atomic E-state index is 11.2. The van der Waals surface area contributed by atoms with Gasteiger partial charge in [0.25, 0.3) is 0 Å². The first-order valence-electron chi connectivity index (χ1n) is 4.42. The van der Waals surface area contributed by atoms with Crippen LogP contribution < -0.4 is 5.32 Å². The molecule has 2 heteroatoms. The lowest BCUT2D eigenvalue weighted by atomic mass is 9.93. The van der Waals surface area contributed by atoms with Crippen molar-refractivity contribution in [2.45, 2.75) is 32.6 Å². The van der Waals surface area contributed by atoms with E-state index in [1.54, 1.807) is 0 Å². The molecule has 1 heterocycles. The SMILES string of the molecule is CCCCC1CN[CH]CC1=O. The van der Waals surface area contributed by atoms with Gasteiger partial charge in [-0.1, -0.05) is 19.8 Å².